The lowest BCUT2D eigenvalue weighted by Gasteiger charge is -2.45. The van der Waals surface area contributed by atoms with Crippen LogP contribution in [0.1, 0.15) is 35.3 Å². The number of likely N-dealkylation sites (N-methyl/N-ethyl adjacent to an activating group) is 1. The fourth-order valence-electron chi connectivity index (χ4n) is 3.81. The number of H-pyrrole nitrogens is 1. The van der Waals surface area contributed by atoms with Crippen molar-refractivity contribution in [3.05, 3.63) is 64.1 Å². The number of ether oxygens (including phenoxy) is 1. The summed E-state index contributed by atoms with van der Waals surface area (Å²) in [6.45, 7) is 0. The molecule has 7 nitrogen and oxygen atoms in total. The summed E-state index contributed by atoms with van der Waals surface area (Å²) in [5.41, 5.74) is -1.20. The third-order valence-corrected chi connectivity index (χ3v) is 5.33. The average Bonchev–Trinajstić information content (AvgIpc) is 2.69. The van der Waals surface area contributed by atoms with E-state index in [1.165, 1.54) is 24.3 Å². The summed E-state index contributed by atoms with van der Waals surface area (Å²) >= 11 is 0. The molecule has 0 spiro atoms. The van der Waals surface area contributed by atoms with E-state index < -0.39 is 29.1 Å². The second-order valence-electron chi connectivity index (χ2n) is 6.86. The second-order valence-corrected chi connectivity index (χ2v) is 6.86. The first-order chi connectivity index (χ1) is 12.9. The van der Waals surface area contributed by atoms with Crippen LogP contribution >= 0.6 is 0 Å². The van der Waals surface area contributed by atoms with Crippen molar-refractivity contribution in [2.75, 3.05) is 14.2 Å². The number of hydrogen-bond donors (Lipinski definition) is 3. The number of hydrogen-bond acceptors (Lipinski definition) is 5. The van der Waals surface area contributed by atoms with Gasteiger partial charge in [0, 0.05) is 19.3 Å². The molecule has 3 atom stereocenters. The first-order valence-electron chi connectivity index (χ1n) is 8.89. The molecular weight excluding hydrogens is 348 g/mol. The fourth-order valence-corrected chi connectivity index (χ4v) is 3.81. The van der Waals surface area contributed by atoms with E-state index in [0.29, 0.717) is 24.8 Å². The molecule has 0 saturated heterocycles. The van der Waals surface area contributed by atoms with Crippen molar-refractivity contribution < 1.29 is 19.7 Å². The highest BCUT2D eigenvalue weighted by Gasteiger charge is 2.47. The molecule has 7 heteroatoms. The number of benzene rings is 1. The minimum absolute atomic E-state index is 0.0218. The Kier molecular flexibility index (Phi) is 5.34. The van der Waals surface area contributed by atoms with Crippen LogP contribution in [0.2, 0.25) is 0 Å². The van der Waals surface area contributed by atoms with Gasteiger partial charge < -0.3 is 24.8 Å². The maximum atomic E-state index is 13.0. The molecule has 1 amide bonds. The van der Waals surface area contributed by atoms with E-state index in [2.05, 4.69) is 4.98 Å². The highest BCUT2D eigenvalue weighted by molar-refractivity contribution is 5.95. The molecule has 1 aromatic heterocycles. The zero-order valence-corrected chi connectivity index (χ0v) is 15.4. The summed E-state index contributed by atoms with van der Waals surface area (Å²) in [5.74, 6) is -0.552. The zero-order chi connectivity index (χ0) is 19.6. The van der Waals surface area contributed by atoms with Crippen molar-refractivity contribution in [2.24, 2.45) is 0 Å². The second kappa shape index (κ2) is 7.54. The van der Waals surface area contributed by atoms with Crippen LogP contribution in [0.15, 0.2) is 47.4 Å². The number of aliphatic hydroxyl groups is 2. The summed E-state index contributed by atoms with van der Waals surface area (Å²) in [4.78, 5) is 29.0. The molecule has 1 aliphatic carbocycles. The Morgan fingerprint density at radius 2 is 2.00 bits per heavy atom. The molecule has 0 radical (unpaired) electrons. The molecule has 3 unspecified atom stereocenters. The summed E-state index contributed by atoms with van der Waals surface area (Å²) in [5, 5.41) is 22.1. The van der Waals surface area contributed by atoms with E-state index >= 15 is 0 Å². The normalized spacial score (nSPS) is 25.0. The monoisotopic (exact) mass is 372 g/mol. The van der Waals surface area contributed by atoms with Crippen molar-refractivity contribution in [2.45, 2.75) is 37.0 Å². The predicted octanol–water partition coefficient (Wildman–Crippen LogP) is 1.26. The van der Waals surface area contributed by atoms with Gasteiger partial charge in [0.05, 0.1) is 13.2 Å². The molecule has 3 N–H and O–H groups in total. The third-order valence-electron chi connectivity index (χ3n) is 5.33. The van der Waals surface area contributed by atoms with Crippen LogP contribution in [-0.2, 0) is 5.60 Å². The highest BCUT2D eigenvalue weighted by atomic mass is 16.5. The Morgan fingerprint density at radius 1 is 1.30 bits per heavy atom. The Bertz CT molecular complexity index is 866. The molecule has 27 heavy (non-hydrogen) atoms. The minimum Gasteiger partial charge on any atom is -0.491 e. The van der Waals surface area contributed by atoms with Crippen LogP contribution in [0.3, 0.4) is 0 Å². The number of aromatic amines is 1. The first-order valence-corrected chi connectivity index (χ1v) is 8.89. The van der Waals surface area contributed by atoms with E-state index in [1.807, 2.05) is 6.07 Å². The number of carbonyl (C=O) groups is 1. The van der Waals surface area contributed by atoms with Gasteiger partial charge in [-0.2, -0.15) is 0 Å². The number of rotatable bonds is 4. The number of aromatic nitrogens is 1. The van der Waals surface area contributed by atoms with Gasteiger partial charge in [-0.05, 0) is 24.8 Å². The van der Waals surface area contributed by atoms with Gasteiger partial charge in [-0.25, -0.2) is 0 Å². The molecular formula is C20H24N2O5. The topological polar surface area (TPSA) is 103 Å². The number of methoxy groups -OCH3 is 1. The van der Waals surface area contributed by atoms with E-state index in [9.17, 15) is 19.8 Å². The maximum Gasteiger partial charge on any atom is 0.274 e. The van der Waals surface area contributed by atoms with Crippen LogP contribution in [-0.4, -0.2) is 52.3 Å². The molecule has 1 aliphatic rings. The fraction of sp³-hybridized carbons (Fsp3) is 0.400. The van der Waals surface area contributed by atoms with Crippen LogP contribution in [0.4, 0.5) is 0 Å². The van der Waals surface area contributed by atoms with Gasteiger partial charge in [-0.15, -0.1) is 0 Å². The summed E-state index contributed by atoms with van der Waals surface area (Å²) < 4.78 is 5.07. The molecule has 1 fully saturated rings. The standard InChI is InChI=1S/C20H24N2O5/c1-22(19(25)16-17(27-2)15(23)10-12-21-16)14-9-6-11-20(26,18(14)24)13-7-4-3-5-8-13/h3-5,7-8,10,12,14,18,24,26H,6,9,11H2,1-2H3,(H,21,23). The molecule has 1 saturated carbocycles. The van der Waals surface area contributed by atoms with E-state index in [1.54, 1.807) is 31.3 Å². The number of nitrogens with zero attached hydrogens (tertiary/aromatic N) is 1. The molecule has 3 rings (SSSR count). The predicted molar refractivity (Wildman–Crippen MR) is 99.7 cm³/mol. The smallest absolute Gasteiger partial charge is 0.274 e. The van der Waals surface area contributed by atoms with Gasteiger partial charge in [0.1, 0.15) is 11.7 Å². The maximum absolute atomic E-state index is 13.0. The Balaban J connectivity index is 1.91. The van der Waals surface area contributed by atoms with Crippen LogP contribution in [0.5, 0.6) is 5.75 Å². The molecule has 1 heterocycles. The molecule has 0 bridgehead atoms. The van der Waals surface area contributed by atoms with Gasteiger partial charge in [0.2, 0.25) is 5.43 Å². The largest absolute Gasteiger partial charge is 0.491 e. The van der Waals surface area contributed by atoms with Gasteiger partial charge in [-0.3, -0.25) is 9.59 Å². The van der Waals surface area contributed by atoms with E-state index in [0.717, 1.165) is 0 Å². The summed E-state index contributed by atoms with van der Waals surface area (Å²) in [7, 11) is 2.88. The average molecular weight is 372 g/mol. The quantitative estimate of drug-likeness (QED) is 0.750. The zero-order valence-electron chi connectivity index (χ0n) is 15.4. The lowest BCUT2D eigenvalue weighted by atomic mass is 9.74. The number of amides is 1. The number of carbonyl (C=O) groups excluding carboxylic acids is 1. The summed E-state index contributed by atoms with van der Waals surface area (Å²) in [6.07, 6.45) is 1.81. The first kappa shape index (κ1) is 19.1. The van der Waals surface area contributed by atoms with E-state index in [4.69, 9.17) is 4.74 Å². The van der Waals surface area contributed by atoms with Gasteiger partial charge in [0.25, 0.3) is 5.91 Å². The van der Waals surface area contributed by atoms with Gasteiger partial charge in [-0.1, -0.05) is 30.3 Å². The Labute approximate surface area is 157 Å². The van der Waals surface area contributed by atoms with Crippen LogP contribution in [0.25, 0.3) is 0 Å². The van der Waals surface area contributed by atoms with Gasteiger partial charge >= 0.3 is 0 Å². The Morgan fingerprint density at radius 3 is 2.67 bits per heavy atom. The number of nitrogens with one attached hydrogen (secondary N) is 1. The third kappa shape index (κ3) is 3.36. The Hall–Kier alpha value is -2.64. The minimum atomic E-state index is -1.44. The van der Waals surface area contributed by atoms with Gasteiger partial charge in [0.15, 0.2) is 11.4 Å². The molecule has 0 aliphatic heterocycles. The number of pyridine rings is 1. The highest BCUT2D eigenvalue weighted by Crippen LogP contribution is 2.39. The molecule has 1 aromatic carbocycles. The number of aliphatic hydroxyl groups excluding tert-OH is 1. The lowest BCUT2D eigenvalue weighted by molar-refractivity contribution is -0.133. The van der Waals surface area contributed by atoms with Crippen molar-refractivity contribution >= 4 is 5.91 Å². The van der Waals surface area contributed by atoms with Crippen molar-refractivity contribution in [1.29, 1.82) is 0 Å². The van der Waals surface area contributed by atoms with E-state index in [-0.39, 0.29) is 11.4 Å². The van der Waals surface area contributed by atoms with Crippen molar-refractivity contribution in [1.82, 2.24) is 9.88 Å². The SMILES string of the molecule is COc1c(C(=O)N(C)C2CCCC(O)(c3ccccc3)C2O)[nH]ccc1=O. The molecule has 2 aromatic rings. The lowest BCUT2D eigenvalue weighted by Crippen LogP contribution is -2.57. The van der Waals surface area contributed by atoms with Crippen LogP contribution in [0, 0.1) is 0 Å². The molecule has 144 valence electrons. The van der Waals surface area contributed by atoms with Crippen molar-refractivity contribution in [3.63, 3.8) is 0 Å². The van der Waals surface area contributed by atoms with Crippen molar-refractivity contribution in [3.8, 4) is 5.75 Å². The van der Waals surface area contributed by atoms with Crippen LogP contribution < -0.4 is 10.2 Å². The summed E-state index contributed by atoms with van der Waals surface area (Å²) in [6, 6.07) is 9.66.